The molecule has 1 aromatic carbocycles. The SMILES string of the molecule is CCC(CC)C(N)CSc1cccc(Br)c1. The molecule has 1 atom stereocenters. The first kappa shape index (κ1) is 14.1. The molecule has 0 bridgehead atoms. The van der Waals surface area contributed by atoms with Crippen LogP contribution in [0.5, 0.6) is 0 Å². The van der Waals surface area contributed by atoms with E-state index < -0.39 is 0 Å². The van der Waals surface area contributed by atoms with Crippen LogP contribution in [0.25, 0.3) is 0 Å². The molecule has 0 aliphatic rings. The smallest absolute Gasteiger partial charge is 0.0186 e. The number of hydrogen-bond acceptors (Lipinski definition) is 2. The molecule has 1 aromatic rings. The van der Waals surface area contributed by atoms with E-state index in [1.807, 2.05) is 17.8 Å². The molecular formula is C13H20BrNS. The van der Waals surface area contributed by atoms with Gasteiger partial charge in [-0.15, -0.1) is 11.8 Å². The number of hydrogen-bond donors (Lipinski definition) is 1. The molecule has 0 fully saturated rings. The van der Waals surface area contributed by atoms with Gasteiger partial charge in [0.05, 0.1) is 0 Å². The van der Waals surface area contributed by atoms with E-state index in [9.17, 15) is 0 Å². The summed E-state index contributed by atoms with van der Waals surface area (Å²) in [6.45, 7) is 4.44. The first-order valence-corrected chi connectivity index (χ1v) is 7.59. The van der Waals surface area contributed by atoms with E-state index >= 15 is 0 Å². The lowest BCUT2D eigenvalue weighted by atomic mass is 9.96. The summed E-state index contributed by atoms with van der Waals surface area (Å²) in [6.07, 6.45) is 2.35. The second kappa shape index (κ2) is 7.36. The summed E-state index contributed by atoms with van der Waals surface area (Å²) in [6, 6.07) is 8.69. The largest absolute Gasteiger partial charge is 0.327 e. The van der Waals surface area contributed by atoms with Gasteiger partial charge in [0.2, 0.25) is 0 Å². The average Bonchev–Trinajstić information content (AvgIpc) is 2.28. The van der Waals surface area contributed by atoms with Gasteiger partial charge in [0, 0.05) is 21.2 Å². The summed E-state index contributed by atoms with van der Waals surface area (Å²) in [5, 5.41) is 0. The Bertz CT molecular complexity index is 313. The Balaban J connectivity index is 2.45. The van der Waals surface area contributed by atoms with E-state index in [0.717, 1.165) is 10.2 Å². The van der Waals surface area contributed by atoms with E-state index in [2.05, 4.69) is 48.0 Å². The van der Waals surface area contributed by atoms with Gasteiger partial charge in [-0.1, -0.05) is 48.7 Å². The van der Waals surface area contributed by atoms with Gasteiger partial charge >= 0.3 is 0 Å². The van der Waals surface area contributed by atoms with Crippen molar-refractivity contribution in [3.63, 3.8) is 0 Å². The average molecular weight is 302 g/mol. The molecule has 0 radical (unpaired) electrons. The van der Waals surface area contributed by atoms with Gasteiger partial charge in [0.25, 0.3) is 0 Å². The van der Waals surface area contributed by atoms with Gasteiger partial charge in [-0.3, -0.25) is 0 Å². The second-order valence-electron chi connectivity index (χ2n) is 4.01. The molecule has 1 nitrogen and oxygen atoms in total. The van der Waals surface area contributed by atoms with E-state index in [4.69, 9.17) is 5.73 Å². The minimum Gasteiger partial charge on any atom is -0.327 e. The van der Waals surface area contributed by atoms with Gasteiger partial charge in [-0.25, -0.2) is 0 Å². The molecular weight excluding hydrogens is 282 g/mol. The Morgan fingerprint density at radius 3 is 2.56 bits per heavy atom. The second-order valence-corrected chi connectivity index (χ2v) is 6.02. The van der Waals surface area contributed by atoms with Crippen molar-refractivity contribution in [2.45, 2.75) is 37.6 Å². The quantitative estimate of drug-likeness (QED) is 0.793. The van der Waals surface area contributed by atoms with Crippen molar-refractivity contribution >= 4 is 27.7 Å². The zero-order chi connectivity index (χ0) is 12.0. The van der Waals surface area contributed by atoms with E-state index in [1.54, 1.807) is 0 Å². The molecule has 0 aliphatic carbocycles. The van der Waals surface area contributed by atoms with Gasteiger partial charge in [-0.2, -0.15) is 0 Å². The van der Waals surface area contributed by atoms with E-state index in [0.29, 0.717) is 12.0 Å². The predicted octanol–water partition coefficient (Wildman–Crippen LogP) is 4.30. The lowest BCUT2D eigenvalue weighted by molar-refractivity contribution is 0.422. The van der Waals surface area contributed by atoms with Gasteiger partial charge in [0.15, 0.2) is 0 Å². The van der Waals surface area contributed by atoms with Crippen molar-refractivity contribution < 1.29 is 0 Å². The lowest BCUT2D eigenvalue weighted by Gasteiger charge is -2.20. The summed E-state index contributed by atoms with van der Waals surface area (Å²) in [5.74, 6) is 1.66. The minimum atomic E-state index is 0.305. The van der Waals surface area contributed by atoms with Gasteiger partial charge < -0.3 is 5.73 Å². The highest BCUT2D eigenvalue weighted by molar-refractivity contribution is 9.10. The molecule has 1 unspecified atom stereocenters. The molecule has 0 spiro atoms. The zero-order valence-corrected chi connectivity index (χ0v) is 12.4. The van der Waals surface area contributed by atoms with Crippen molar-refractivity contribution in [1.29, 1.82) is 0 Å². The third-order valence-corrected chi connectivity index (χ3v) is 4.52. The van der Waals surface area contributed by atoms with Crippen LogP contribution >= 0.6 is 27.7 Å². The number of thioether (sulfide) groups is 1. The van der Waals surface area contributed by atoms with Crippen LogP contribution < -0.4 is 5.73 Å². The molecule has 0 saturated carbocycles. The fourth-order valence-corrected chi connectivity index (χ4v) is 3.37. The summed E-state index contributed by atoms with van der Waals surface area (Å²) >= 11 is 5.33. The predicted molar refractivity (Wildman–Crippen MR) is 76.9 cm³/mol. The van der Waals surface area contributed by atoms with Gasteiger partial charge in [0.1, 0.15) is 0 Å². The molecule has 2 N–H and O–H groups in total. The third kappa shape index (κ3) is 4.48. The number of rotatable bonds is 6. The highest BCUT2D eigenvalue weighted by atomic mass is 79.9. The Labute approximate surface area is 111 Å². The van der Waals surface area contributed by atoms with Crippen molar-refractivity contribution in [3.8, 4) is 0 Å². The van der Waals surface area contributed by atoms with Crippen LogP contribution in [-0.4, -0.2) is 11.8 Å². The topological polar surface area (TPSA) is 26.0 Å². The summed E-state index contributed by atoms with van der Waals surface area (Å²) in [5.41, 5.74) is 6.19. The first-order chi connectivity index (χ1) is 7.67. The summed E-state index contributed by atoms with van der Waals surface area (Å²) in [7, 11) is 0. The maximum atomic E-state index is 6.19. The molecule has 0 heterocycles. The van der Waals surface area contributed by atoms with Crippen LogP contribution in [0.4, 0.5) is 0 Å². The lowest BCUT2D eigenvalue weighted by Crippen LogP contribution is -2.31. The molecule has 3 heteroatoms. The number of halogens is 1. The van der Waals surface area contributed by atoms with E-state index in [-0.39, 0.29) is 0 Å². The normalized spacial score (nSPS) is 13.1. The molecule has 0 saturated heterocycles. The molecule has 16 heavy (non-hydrogen) atoms. The third-order valence-electron chi connectivity index (χ3n) is 2.89. The van der Waals surface area contributed by atoms with E-state index in [1.165, 1.54) is 17.7 Å². The fourth-order valence-electron chi connectivity index (χ4n) is 1.78. The van der Waals surface area contributed by atoms with Crippen LogP contribution in [0.3, 0.4) is 0 Å². The van der Waals surface area contributed by atoms with Crippen LogP contribution in [0.15, 0.2) is 33.6 Å². The van der Waals surface area contributed by atoms with Crippen molar-refractivity contribution in [3.05, 3.63) is 28.7 Å². The van der Waals surface area contributed by atoms with Crippen LogP contribution in [-0.2, 0) is 0 Å². The Hall–Kier alpha value is 0.01000. The molecule has 90 valence electrons. The monoisotopic (exact) mass is 301 g/mol. The highest BCUT2D eigenvalue weighted by Gasteiger charge is 2.13. The fraction of sp³-hybridized carbons (Fsp3) is 0.538. The maximum absolute atomic E-state index is 6.19. The summed E-state index contributed by atoms with van der Waals surface area (Å²) < 4.78 is 1.13. The van der Waals surface area contributed by atoms with Gasteiger partial charge in [-0.05, 0) is 24.1 Å². The number of benzene rings is 1. The van der Waals surface area contributed by atoms with Crippen molar-refractivity contribution in [2.75, 3.05) is 5.75 Å². The summed E-state index contributed by atoms with van der Waals surface area (Å²) in [4.78, 5) is 1.29. The van der Waals surface area contributed by atoms with Crippen molar-refractivity contribution in [1.82, 2.24) is 0 Å². The number of nitrogens with two attached hydrogens (primary N) is 1. The highest BCUT2D eigenvalue weighted by Crippen LogP contribution is 2.24. The molecule has 1 rings (SSSR count). The van der Waals surface area contributed by atoms with Crippen LogP contribution in [0, 0.1) is 5.92 Å². The van der Waals surface area contributed by atoms with Crippen molar-refractivity contribution in [2.24, 2.45) is 11.7 Å². The Morgan fingerprint density at radius 1 is 1.31 bits per heavy atom. The molecule has 0 aliphatic heterocycles. The first-order valence-electron chi connectivity index (χ1n) is 5.81. The Kier molecular flexibility index (Phi) is 6.47. The standard InChI is InChI=1S/C13H20BrNS/c1-3-10(4-2)13(15)9-16-12-7-5-6-11(14)8-12/h5-8,10,13H,3-4,9,15H2,1-2H3. The van der Waals surface area contributed by atoms with Crippen LogP contribution in [0.1, 0.15) is 26.7 Å². The minimum absolute atomic E-state index is 0.305. The molecule has 0 aromatic heterocycles. The molecule has 0 amide bonds. The van der Waals surface area contributed by atoms with Crippen LogP contribution in [0.2, 0.25) is 0 Å². The Morgan fingerprint density at radius 2 is 2.00 bits per heavy atom. The zero-order valence-electron chi connectivity index (χ0n) is 9.95. The maximum Gasteiger partial charge on any atom is 0.0186 e.